The summed E-state index contributed by atoms with van der Waals surface area (Å²) in [4.78, 5) is 0.356. The molecule has 0 aliphatic heterocycles. The highest BCUT2D eigenvalue weighted by Crippen LogP contribution is 2.17. The average Bonchev–Trinajstić information content (AvgIpc) is 2.42. The lowest BCUT2D eigenvalue weighted by Gasteiger charge is -2.07. The molecule has 3 nitrogen and oxygen atoms in total. The third-order valence-corrected chi connectivity index (χ3v) is 5.25. The van der Waals surface area contributed by atoms with Crippen LogP contribution in [-0.2, 0) is 22.9 Å². The molecule has 0 fully saturated rings. The largest absolute Gasteiger partial charge is 0.309 e. The molecule has 0 heterocycles. The molecule has 21 heavy (non-hydrogen) atoms. The fraction of sp³-hybridized carbons (Fsp3) is 0.250. The van der Waals surface area contributed by atoms with Gasteiger partial charge in [-0.1, -0.05) is 40.2 Å². The lowest BCUT2D eigenvalue weighted by atomic mass is 10.1. The summed E-state index contributed by atoms with van der Waals surface area (Å²) >= 11 is 3.49. The first kappa shape index (κ1) is 16.2. The van der Waals surface area contributed by atoms with Gasteiger partial charge >= 0.3 is 0 Å². The van der Waals surface area contributed by atoms with E-state index in [4.69, 9.17) is 0 Å². The monoisotopic (exact) mass is 367 g/mol. The SMILES string of the molecule is Cc1cc(CNCc2ccc(S(C)(=O)=O)cc2)ccc1Br. The highest BCUT2D eigenvalue weighted by molar-refractivity contribution is 9.10. The van der Waals surface area contributed by atoms with Crippen LogP contribution in [0.4, 0.5) is 0 Å². The Balaban J connectivity index is 1.93. The highest BCUT2D eigenvalue weighted by Gasteiger charge is 2.05. The van der Waals surface area contributed by atoms with E-state index in [0.29, 0.717) is 11.4 Å². The third-order valence-electron chi connectivity index (χ3n) is 3.23. The first-order valence-corrected chi connectivity index (χ1v) is 9.29. The zero-order chi connectivity index (χ0) is 15.5. The van der Waals surface area contributed by atoms with Crippen molar-refractivity contribution >= 4 is 25.8 Å². The van der Waals surface area contributed by atoms with Gasteiger partial charge in [0.15, 0.2) is 9.84 Å². The fourth-order valence-corrected chi connectivity index (χ4v) is 2.90. The van der Waals surface area contributed by atoms with Crippen LogP contribution in [-0.4, -0.2) is 14.7 Å². The molecule has 0 aliphatic rings. The van der Waals surface area contributed by atoms with Crippen LogP contribution in [0.2, 0.25) is 0 Å². The summed E-state index contributed by atoms with van der Waals surface area (Å²) in [7, 11) is -3.12. The van der Waals surface area contributed by atoms with Crippen LogP contribution in [0, 0.1) is 6.92 Å². The van der Waals surface area contributed by atoms with Crippen molar-refractivity contribution in [2.24, 2.45) is 0 Å². The van der Waals surface area contributed by atoms with Crippen molar-refractivity contribution in [3.63, 3.8) is 0 Å². The predicted molar refractivity (Wildman–Crippen MR) is 89.0 cm³/mol. The van der Waals surface area contributed by atoms with Crippen molar-refractivity contribution < 1.29 is 8.42 Å². The zero-order valence-corrected chi connectivity index (χ0v) is 14.5. The van der Waals surface area contributed by atoms with Gasteiger partial charge in [-0.2, -0.15) is 0 Å². The van der Waals surface area contributed by atoms with E-state index in [1.165, 1.54) is 17.4 Å². The lowest BCUT2D eigenvalue weighted by Crippen LogP contribution is -2.12. The molecule has 5 heteroatoms. The lowest BCUT2D eigenvalue weighted by molar-refractivity contribution is 0.602. The second-order valence-corrected chi connectivity index (χ2v) is 7.97. The maximum Gasteiger partial charge on any atom is 0.175 e. The van der Waals surface area contributed by atoms with Crippen LogP contribution in [0.1, 0.15) is 16.7 Å². The van der Waals surface area contributed by atoms with Gasteiger partial charge in [-0.15, -0.1) is 0 Å². The van der Waals surface area contributed by atoms with E-state index in [9.17, 15) is 8.42 Å². The molecule has 2 aromatic carbocycles. The Hall–Kier alpha value is -1.17. The standard InChI is InChI=1S/C16H18BrNO2S/c1-12-9-14(5-8-16(12)17)11-18-10-13-3-6-15(7-4-13)21(2,19)20/h3-9,18H,10-11H2,1-2H3. The van der Waals surface area contributed by atoms with Gasteiger partial charge in [0.2, 0.25) is 0 Å². The van der Waals surface area contributed by atoms with Crippen molar-refractivity contribution in [1.82, 2.24) is 5.32 Å². The summed E-state index contributed by atoms with van der Waals surface area (Å²) in [5.74, 6) is 0. The van der Waals surface area contributed by atoms with Crippen molar-refractivity contribution in [3.05, 3.63) is 63.6 Å². The van der Waals surface area contributed by atoms with Crippen molar-refractivity contribution in [2.45, 2.75) is 24.9 Å². The molecule has 1 N–H and O–H groups in total. The predicted octanol–water partition coefficient (Wildman–Crippen LogP) is 3.45. The molecular formula is C16H18BrNO2S. The van der Waals surface area contributed by atoms with Crippen LogP contribution in [0.5, 0.6) is 0 Å². The van der Waals surface area contributed by atoms with E-state index in [1.807, 2.05) is 18.2 Å². The Morgan fingerprint density at radius 1 is 1.00 bits per heavy atom. The zero-order valence-electron chi connectivity index (χ0n) is 12.1. The van der Waals surface area contributed by atoms with E-state index in [0.717, 1.165) is 16.6 Å². The molecule has 0 aromatic heterocycles. The first-order chi connectivity index (χ1) is 9.86. The number of benzene rings is 2. The third kappa shape index (κ3) is 4.66. The van der Waals surface area contributed by atoms with Gasteiger partial charge in [-0.25, -0.2) is 8.42 Å². The highest BCUT2D eigenvalue weighted by atomic mass is 79.9. The molecule has 2 aromatic rings. The summed E-state index contributed by atoms with van der Waals surface area (Å²) in [6, 6.07) is 13.3. The molecule has 0 radical (unpaired) electrons. The topological polar surface area (TPSA) is 46.2 Å². The minimum absolute atomic E-state index is 0.356. The Morgan fingerprint density at radius 2 is 1.57 bits per heavy atom. The molecule has 0 amide bonds. The first-order valence-electron chi connectivity index (χ1n) is 6.61. The van der Waals surface area contributed by atoms with Gasteiger partial charge in [0.1, 0.15) is 0 Å². The maximum atomic E-state index is 11.4. The molecule has 0 aliphatic carbocycles. The molecule has 112 valence electrons. The summed E-state index contributed by atoms with van der Waals surface area (Å²) < 4.78 is 23.9. The Labute approximate surface area is 134 Å². The molecule has 0 spiro atoms. The van der Waals surface area contributed by atoms with E-state index >= 15 is 0 Å². The number of halogens is 1. The van der Waals surface area contributed by atoms with Crippen molar-refractivity contribution in [1.29, 1.82) is 0 Å². The van der Waals surface area contributed by atoms with Crippen molar-refractivity contribution in [2.75, 3.05) is 6.26 Å². The van der Waals surface area contributed by atoms with Gasteiger partial charge in [0, 0.05) is 23.8 Å². The van der Waals surface area contributed by atoms with E-state index in [1.54, 1.807) is 12.1 Å². The van der Waals surface area contributed by atoms with Gasteiger partial charge in [-0.05, 0) is 41.8 Å². The number of sulfone groups is 1. The smallest absolute Gasteiger partial charge is 0.175 e. The number of aryl methyl sites for hydroxylation is 1. The van der Waals surface area contributed by atoms with Crippen LogP contribution in [0.15, 0.2) is 51.8 Å². The fourth-order valence-electron chi connectivity index (χ4n) is 2.02. The molecule has 0 saturated heterocycles. The Kier molecular flexibility index (Phi) is 5.19. The molecule has 0 unspecified atom stereocenters. The number of hydrogen-bond acceptors (Lipinski definition) is 3. The van der Waals surface area contributed by atoms with Gasteiger partial charge < -0.3 is 5.32 Å². The van der Waals surface area contributed by atoms with Crippen LogP contribution in [0.3, 0.4) is 0 Å². The molecular weight excluding hydrogens is 350 g/mol. The van der Waals surface area contributed by atoms with E-state index in [2.05, 4.69) is 40.3 Å². The molecule has 0 saturated carbocycles. The molecule has 2 rings (SSSR count). The average molecular weight is 368 g/mol. The Bertz CT molecular complexity index is 724. The van der Waals surface area contributed by atoms with Crippen molar-refractivity contribution in [3.8, 4) is 0 Å². The van der Waals surface area contributed by atoms with Gasteiger partial charge in [0.25, 0.3) is 0 Å². The van der Waals surface area contributed by atoms with E-state index in [-0.39, 0.29) is 0 Å². The summed E-state index contributed by atoms with van der Waals surface area (Å²) in [6.07, 6.45) is 1.22. The van der Waals surface area contributed by atoms with Crippen LogP contribution in [0.25, 0.3) is 0 Å². The summed E-state index contributed by atoms with van der Waals surface area (Å²) in [5, 5.41) is 3.36. The second-order valence-electron chi connectivity index (χ2n) is 5.10. The van der Waals surface area contributed by atoms with E-state index < -0.39 is 9.84 Å². The number of hydrogen-bond donors (Lipinski definition) is 1. The summed E-state index contributed by atoms with van der Waals surface area (Å²) in [6.45, 7) is 3.55. The van der Waals surface area contributed by atoms with Crippen LogP contribution < -0.4 is 5.32 Å². The summed E-state index contributed by atoms with van der Waals surface area (Å²) in [5.41, 5.74) is 3.51. The second kappa shape index (κ2) is 6.73. The minimum Gasteiger partial charge on any atom is -0.309 e. The van der Waals surface area contributed by atoms with Gasteiger partial charge in [0.05, 0.1) is 4.90 Å². The minimum atomic E-state index is -3.12. The van der Waals surface area contributed by atoms with Crippen LogP contribution >= 0.6 is 15.9 Å². The Morgan fingerprint density at radius 3 is 2.14 bits per heavy atom. The molecule has 0 atom stereocenters. The number of nitrogens with one attached hydrogen (secondary N) is 1. The normalized spacial score (nSPS) is 11.6. The maximum absolute atomic E-state index is 11.4. The van der Waals surface area contributed by atoms with Gasteiger partial charge in [-0.3, -0.25) is 0 Å². The number of rotatable bonds is 5. The quantitative estimate of drug-likeness (QED) is 0.879. The molecule has 0 bridgehead atoms.